The summed E-state index contributed by atoms with van der Waals surface area (Å²) < 4.78 is 16.2. The summed E-state index contributed by atoms with van der Waals surface area (Å²) in [5.41, 5.74) is 3.39. The van der Waals surface area contributed by atoms with Crippen molar-refractivity contribution >= 4 is 23.5 Å². The molecular formula is C23H24N2O6. The van der Waals surface area contributed by atoms with Crippen LogP contribution in [0.15, 0.2) is 30.3 Å². The first-order chi connectivity index (χ1) is 14.8. The van der Waals surface area contributed by atoms with E-state index in [-0.39, 0.29) is 29.5 Å². The molecule has 0 unspecified atom stereocenters. The summed E-state index contributed by atoms with van der Waals surface area (Å²) >= 11 is 0. The van der Waals surface area contributed by atoms with Crippen molar-refractivity contribution in [2.75, 3.05) is 19.5 Å². The van der Waals surface area contributed by atoms with Crippen molar-refractivity contribution < 1.29 is 28.6 Å². The summed E-state index contributed by atoms with van der Waals surface area (Å²) in [6.45, 7) is 3.89. The number of anilines is 1. The largest absolute Gasteiger partial charge is 0.493 e. The summed E-state index contributed by atoms with van der Waals surface area (Å²) in [6.07, 6.45) is -0.458. The molecule has 8 heteroatoms. The topological polar surface area (TPSA) is 94.2 Å². The maximum absolute atomic E-state index is 13.1. The van der Waals surface area contributed by atoms with E-state index in [0.717, 1.165) is 11.1 Å². The van der Waals surface area contributed by atoms with Crippen LogP contribution in [0.4, 0.5) is 5.69 Å². The molecule has 2 amide bonds. The number of likely N-dealkylation sites (tertiary alicyclic amines) is 1. The van der Waals surface area contributed by atoms with Crippen LogP contribution in [0.2, 0.25) is 0 Å². The number of fused-ring (bicyclic) bond motifs is 1. The molecule has 162 valence electrons. The molecule has 4 rings (SSSR count). The van der Waals surface area contributed by atoms with Gasteiger partial charge in [0.1, 0.15) is 11.6 Å². The molecule has 8 nitrogen and oxygen atoms in total. The molecule has 2 aromatic carbocycles. The maximum atomic E-state index is 13.1. The maximum Gasteiger partial charge on any atom is 0.344 e. The Morgan fingerprint density at radius 2 is 1.90 bits per heavy atom. The van der Waals surface area contributed by atoms with Crippen molar-refractivity contribution in [3.05, 3.63) is 52.6 Å². The number of aryl methyl sites for hydroxylation is 2. The molecule has 2 aliphatic rings. The third-order valence-electron chi connectivity index (χ3n) is 5.72. The summed E-state index contributed by atoms with van der Waals surface area (Å²) in [7, 11) is 2.90. The van der Waals surface area contributed by atoms with Gasteiger partial charge in [0.2, 0.25) is 18.0 Å². The van der Waals surface area contributed by atoms with E-state index in [2.05, 4.69) is 5.32 Å². The molecule has 2 aromatic rings. The van der Waals surface area contributed by atoms with Gasteiger partial charge >= 0.3 is 5.97 Å². The van der Waals surface area contributed by atoms with Crippen molar-refractivity contribution in [2.45, 2.75) is 39.0 Å². The van der Waals surface area contributed by atoms with Gasteiger partial charge in [-0.3, -0.25) is 14.5 Å². The molecule has 2 aliphatic heterocycles. The third kappa shape index (κ3) is 3.48. The molecule has 0 aliphatic carbocycles. The molecule has 2 atom stereocenters. The highest BCUT2D eigenvalue weighted by Crippen LogP contribution is 2.45. The highest BCUT2D eigenvalue weighted by atomic mass is 16.6. The highest BCUT2D eigenvalue weighted by Gasteiger charge is 2.47. The van der Waals surface area contributed by atoms with Crippen LogP contribution in [0.5, 0.6) is 11.5 Å². The number of methoxy groups -OCH3 is 2. The van der Waals surface area contributed by atoms with Gasteiger partial charge < -0.3 is 19.5 Å². The Morgan fingerprint density at radius 3 is 2.58 bits per heavy atom. The first kappa shape index (κ1) is 20.7. The number of nitrogens with one attached hydrogen (secondary N) is 1. The Hall–Kier alpha value is -3.55. The number of cyclic esters (lactones) is 1. The first-order valence-electron chi connectivity index (χ1n) is 10.0. The van der Waals surface area contributed by atoms with Crippen molar-refractivity contribution in [3.8, 4) is 11.5 Å². The number of carbonyl (C=O) groups is 3. The van der Waals surface area contributed by atoms with Crippen LogP contribution in [0, 0.1) is 13.8 Å². The Kier molecular flexibility index (Phi) is 5.31. The van der Waals surface area contributed by atoms with E-state index >= 15 is 0 Å². The van der Waals surface area contributed by atoms with Crippen molar-refractivity contribution in [2.24, 2.45) is 0 Å². The number of amides is 2. The average Bonchev–Trinajstić information content (AvgIpc) is 3.29. The number of rotatable bonds is 5. The van der Waals surface area contributed by atoms with E-state index in [1.165, 1.54) is 19.1 Å². The summed E-state index contributed by atoms with van der Waals surface area (Å²) in [5.74, 6) is -0.556. The van der Waals surface area contributed by atoms with E-state index in [4.69, 9.17) is 14.2 Å². The minimum Gasteiger partial charge on any atom is -0.493 e. The zero-order valence-corrected chi connectivity index (χ0v) is 17.9. The zero-order chi connectivity index (χ0) is 22.3. The molecule has 1 saturated heterocycles. The van der Waals surface area contributed by atoms with E-state index in [0.29, 0.717) is 23.4 Å². The average molecular weight is 424 g/mol. The Labute approximate surface area is 180 Å². The minimum atomic E-state index is -0.993. The highest BCUT2D eigenvalue weighted by molar-refractivity contribution is 6.01. The SMILES string of the molecule is COc1ccc2c(c1OC)C(=O)O[C@@H]2N1C(=O)CC[C@H]1C(=O)Nc1ccc(C)cc1C. The van der Waals surface area contributed by atoms with Gasteiger partial charge in [-0.1, -0.05) is 17.7 Å². The number of ether oxygens (including phenoxy) is 3. The lowest BCUT2D eigenvalue weighted by molar-refractivity contribution is -0.144. The van der Waals surface area contributed by atoms with Gasteiger partial charge in [-0.15, -0.1) is 0 Å². The van der Waals surface area contributed by atoms with Gasteiger partial charge in [0, 0.05) is 17.7 Å². The standard InChI is InChI=1S/C23H24N2O6/c1-12-5-7-15(13(2)11-12)24-21(27)16-8-10-18(26)25(16)22-14-6-9-17(29-3)20(30-4)19(14)23(28)31-22/h5-7,9,11,16,22H,8,10H2,1-4H3,(H,24,27)/t16-,22-/m0/s1. The van der Waals surface area contributed by atoms with Crippen LogP contribution in [0.25, 0.3) is 0 Å². The van der Waals surface area contributed by atoms with E-state index in [1.54, 1.807) is 12.1 Å². The monoisotopic (exact) mass is 424 g/mol. The van der Waals surface area contributed by atoms with E-state index in [9.17, 15) is 14.4 Å². The quantitative estimate of drug-likeness (QED) is 0.742. The Bertz CT molecular complexity index is 1080. The van der Waals surface area contributed by atoms with Crippen LogP contribution in [0.3, 0.4) is 0 Å². The van der Waals surface area contributed by atoms with Crippen LogP contribution < -0.4 is 14.8 Å². The molecule has 2 heterocycles. The second-order valence-corrected chi connectivity index (χ2v) is 7.69. The summed E-state index contributed by atoms with van der Waals surface area (Å²) in [4.78, 5) is 39.8. The van der Waals surface area contributed by atoms with Crippen molar-refractivity contribution in [1.29, 1.82) is 0 Å². The second-order valence-electron chi connectivity index (χ2n) is 7.69. The van der Waals surface area contributed by atoms with Gasteiger partial charge in [-0.25, -0.2) is 4.79 Å². The van der Waals surface area contributed by atoms with Crippen molar-refractivity contribution in [3.63, 3.8) is 0 Å². The molecule has 1 fully saturated rings. The molecular weight excluding hydrogens is 400 g/mol. The van der Waals surface area contributed by atoms with Gasteiger partial charge in [-0.05, 0) is 44.0 Å². The molecule has 0 aromatic heterocycles. The minimum absolute atomic E-state index is 0.196. The predicted molar refractivity (Wildman–Crippen MR) is 112 cm³/mol. The van der Waals surface area contributed by atoms with E-state index < -0.39 is 18.2 Å². The molecule has 0 bridgehead atoms. The lowest BCUT2D eigenvalue weighted by atomic mass is 10.0. The van der Waals surface area contributed by atoms with Crippen LogP contribution in [-0.2, 0) is 14.3 Å². The fraction of sp³-hybridized carbons (Fsp3) is 0.348. The fourth-order valence-electron chi connectivity index (χ4n) is 4.21. The van der Waals surface area contributed by atoms with Gasteiger partial charge in [0.15, 0.2) is 11.5 Å². The first-order valence-corrected chi connectivity index (χ1v) is 10.0. The van der Waals surface area contributed by atoms with Gasteiger partial charge in [0.05, 0.1) is 14.2 Å². The number of hydrogen-bond donors (Lipinski definition) is 1. The molecule has 0 radical (unpaired) electrons. The summed E-state index contributed by atoms with van der Waals surface area (Å²) in [5, 5.41) is 2.91. The van der Waals surface area contributed by atoms with Crippen LogP contribution in [0.1, 0.15) is 46.1 Å². The normalized spacial score (nSPS) is 19.8. The molecule has 0 spiro atoms. The molecule has 31 heavy (non-hydrogen) atoms. The predicted octanol–water partition coefficient (Wildman–Crippen LogP) is 3.12. The van der Waals surface area contributed by atoms with Gasteiger partial charge in [-0.2, -0.15) is 0 Å². The molecule has 0 saturated carbocycles. The molecule has 1 N–H and O–H groups in total. The van der Waals surface area contributed by atoms with Crippen molar-refractivity contribution in [1.82, 2.24) is 4.90 Å². The zero-order valence-electron chi connectivity index (χ0n) is 17.9. The fourth-order valence-corrected chi connectivity index (χ4v) is 4.21. The number of carbonyl (C=O) groups excluding carboxylic acids is 3. The van der Waals surface area contributed by atoms with Crippen LogP contribution in [-0.4, -0.2) is 42.9 Å². The number of nitrogens with zero attached hydrogens (tertiary/aromatic N) is 1. The smallest absolute Gasteiger partial charge is 0.344 e. The lowest BCUT2D eigenvalue weighted by Gasteiger charge is -2.29. The summed E-state index contributed by atoms with van der Waals surface area (Å²) in [6, 6.07) is 8.28. The number of esters is 1. The second kappa shape index (κ2) is 7.94. The lowest BCUT2D eigenvalue weighted by Crippen LogP contribution is -2.44. The van der Waals surface area contributed by atoms with Gasteiger partial charge in [0.25, 0.3) is 0 Å². The Balaban J connectivity index is 1.65. The number of hydrogen-bond acceptors (Lipinski definition) is 6. The Morgan fingerprint density at radius 1 is 1.13 bits per heavy atom. The third-order valence-corrected chi connectivity index (χ3v) is 5.72. The van der Waals surface area contributed by atoms with E-state index in [1.807, 2.05) is 32.0 Å². The van der Waals surface area contributed by atoms with Crippen LogP contribution >= 0.6 is 0 Å². The number of benzene rings is 2.